The molecule has 0 N–H and O–H groups in total. The van der Waals surface area contributed by atoms with Gasteiger partial charge in [-0.15, -0.1) is 0 Å². The van der Waals surface area contributed by atoms with Crippen molar-refractivity contribution >= 4 is 42.5 Å². The molecule has 8 nitrogen and oxygen atoms in total. The number of rotatable bonds is 4. The van der Waals surface area contributed by atoms with Gasteiger partial charge in [-0.05, 0) is 56.9 Å². The zero-order chi connectivity index (χ0) is 26.4. The zero-order valence-corrected chi connectivity index (χ0v) is 21.8. The first-order valence-electron chi connectivity index (χ1n) is 11.3. The molecule has 1 atom stereocenters. The van der Waals surface area contributed by atoms with Gasteiger partial charge in [0, 0.05) is 29.8 Å². The van der Waals surface area contributed by atoms with E-state index in [2.05, 4.69) is 0 Å². The van der Waals surface area contributed by atoms with E-state index < -0.39 is 37.2 Å². The van der Waals surface area contributed by atoms with Crippen molar-refractivity contribution in [3.63, 3.8) is 0 Å². The minimum atomic E-state index is -4.22. The molecule has 0 radical (unpaired) electrons. The molecule has 0 saturated heterocycles. The Hall–Kier alpha value is -3.11. The third kappa shape index (κ3) is 5.19. The number of benzene rings is 2. The first-order chi connectivity index (χ1) is 16.8. The van der Waals surface area contributed by atoms with Gasteiger partial charge < -0.3 is 14.1 Å². The topological polar surface area (TPSA) is 98.8 Å². The predicted octanol–water partition coefficient (Wildman–Crippen LogP) is 5.29. The molecule has 11 heteroatoms. The molecule has 192 valence electrons. The van der Waals surface area contributed by atoms with Gasteiger partial charge in [0.2, 0.25) is 0 Å². The average Bonchev–Trinajstić information content (AvgIpc) is 3.13. The van der Waals surface area contributed by atoms with E-state index in [9.17, 15) is 18.0 Å². The molecular formula is C25H26ClFN2O6S. The van der Waals surface area contributed by atoms with Gasteiger partial charge >= 0.3 is 11.8 Å². The van der Waals surface area contributed by atoms with Crippen LogP contribution < -0.4 is 5.76 Å². The van der Waals surface area contributed by atoms with E-state index in [0.29, 0.717) is 19.5 Å². The Morgan fingerprint density at radius 1 is 1.22 bits per heavy atom. The summed E-state index contributed by atoms with van der Waals surface area (Å²) in [4.78, 5) is 26.3. The van der Waals surface area contributed by atoms with E-state index in [1.165, 1.54) is 0 Å². The molecule has 4 rings (SSSR count). The molecule has 2 aromatic carbocycles. The number of fused-ring (bicyclic) bond motifs is 1. The van der Waals surface area contributed by atoms with Gasteiger partial charge in [0.15, 0.2) is 11.4 Å². The molecule has 3 aromatic rings. The molecule has 0 spiro atoms. The lowest BCUT2D eigenvalue weighted by Crippen LogP contribution is -2.39. The van der Waals surface area contributed by atoms with Gasteiger partial charge in [-0.3, -0.25) is 4.57 Å². The van der Waals surface area contributed by atoms with Gasteiger partial charge in [-0.2, -0.15) is 0 Å². The summed E-state index contributed by atoms with van der Waals surface area (Å²) < 4.78 is 50.1. The molecule has 36 heavy (non-hydrogen) atoms. The Balaban J connectivity index is 1.70. The van der Waals surface area contributed by atoms with Crippen LogP contribution in [0.3, 0.4) is 0 Å². The Kier molecular flexibility index (Phi) is 6.78. The molecule has 0 aliphatic carbocycles. The van der Waals surface area contributed by atoms with Gasteiger partial charge in [-0.1, -0.05) is 30.3 Å². The summed E-state index contributed by atoms with van der Waals surface area (Å²) in [7, 11) is 1.13. The summed E-state index contributed by atoms with van der Waals surface area (Å²) in [5.74, 6) is -1.77. The fourth-order valence-electron chi connectivity index (χ4n) is 4.29. The quantitative estimate of drug-likeness (QED) is 0.420. The lowest BCUT2D eigenvalue weighted by Gasteiger charge is -2.30. The number of nitrogens with zero attached hydrogens (tertiary/aromatic N) is 2. The van der Waals surface area contributed by atoms with Crippen LogP contribution in [-0.2, 0) is 13.8 Å². The van der Waals surface area contributed by atoms with E-state index in [4.69, 9.17) is 19.8 Å². The van der Waals surface area contributed by atoms with Gasteiger partial charge in [-0.25, -0.2) is 22.4 Å². The first-order valence-corrected chi connectivity index (χ1v) is 13.6. The van der Waals surface area contributed by atoms with Crippen LogP contribution in [-0.4, -0.2) is 42.7 Å². The molecule has 1 aromatic heterocycles. The van der Waals surface area contributed by atoms with Crippen LogP contribution in [0, 0.1) is 5.82 Å². The highest BCUT2D eigenvalue weighted by Gasteiger charge is 2.27. The third-order valence-electron chi connectivity index (χ3n) is 5.92. The number of halogens is 2. The summed E-state index contributed by atoms with van der Waals surface area (Å²) in [5, 5.41) is 0. The van der Waals surface area contributed by atoms with Crippen LogP contribution in [0.15, 0.2) is 56.6 Å². The van der Waals surface area contributed by atoms with Gasteiger partial charge in [0.1, 0.15) is 11.1 Å². The molecular weight excluding hydrogens is 511 g/mol. The van der Waals surface area contributed by atoms with Crippen LogP contribution in [0.25, 0.3) is 16.7 Å². The predicted molar refractivity (Wildman–Crippen MR) is 134 cm³/mol. The van der Waals surface area contributed by atoms with Crippen molar-refractivity contribution in [2.75, 3.05) is 13.1 Å². The SMILES string of the molecule is CC(c1ccccc1C1=CCN(C(=O)OC(C)(C)C)CC1)n1c(=O)oc2cc(S(=O)(=O)Cl)cc(F)c21. The fourth-order valence-corrected chi connectivity index (χ4v) is 5.05. The molecule has 0 fully saturated rings. The maximum atomic E-state index is 15.0. The van der Waals surface area contributed by atoms with E-state index >= 15 is 4.39 Å². The standard InChI is InChI=1S/C25H26ClFN2O6S/c1-15(29-22-20(27)13-17(36(26,32)33)14-21(22)34-24(29)31)18-7-5-6-8-19(18)16-9-11-28(12-10-16)23(30)35-25(2,3)4/h5-9,13-15H,10-12H2,1-4H3. The van der Waals surface area contributed by atoms with Crippen LogP contribution in [0.1, 0.15) is 51.3 Å². The lowest BCUT2D eigenvalue weighted by molar-refractivity contribution is 0.0270. The summed E-state index contributed by atoms with van der Waals surface area (Å²) in [5.41, 5.74) is 1.62. The monoisotopic (exact) mass is 536 g/mol. The zero-order valence-electron chi connectivity index (χ0n) is 20.2. The van der Waals surface area contributed by atoms with Crippen molar-refractivity contribution in [3.05, 3.63) is 70.0 Å². The van der Waals surface area contributed by atoms with Crippen molar-refractivity contribution in [1.82, 2.24) is 9.47 Å². The lowest BCUT2D eigenvalue weighted by atomic mass is 9.92. The number of carbonyl (C=O) groups excluding carboxylic acids is 1. The second-order valence-corrected chi connectivity index (χ2v) is 12.2. The van der Waals surface area contributed by atoms with Crippen molar-refractivity contribution < 1.29 is 26.8 Å². The van der Waals surface area contributed by atoms with Gasteiger partial charge in [0.05, 0.1) is 10.9 Å². The Morgan fingerprint density at radius 2 is 1.92 bits per heavy atom. The maximum Gasteiger partial charge on any atom is 0.420 e. The first kappa shape index (κ1) is 26.0. The number of amides is 1. The molecule has 1 aliphatic heterocycles. The van der Waals surface area contributed by atoms with E-state index in [0.717, 1.165) is 33.4 Å². The van der Waals surface area contributed by atoms with Crippen molar-refractivity contribution in [3.8, 4) is 0 Å². The molecule has 2 heterocycles. The van der Waals surface area contributed by atoms with E-state index in [1.807, 2.05) is 51.1 Å². The Labute approximate surface area is 212 Å². The van der Waals surface area contributed by atoms with Crippen molar-refractivity contribution in [2.45, 2.75) is 50.7 Å². The third-order valence-corrected chi connectivity index (χ3v) is 7.26. The number of carbonyl (C=O) groups is 1. The number of hydrogen-bond donors (Lipinski definition) is 0. The van der Waals surface area contributed by atoms with Crippen LogP contribution in [0.2, 0.25) is 0 Å². The highest BCUT2D eigenvalue weighted by atomic mass is 35.7. The summed E-state index contributed by atoms with van der Waals surface area (Å²) in [6.07, 6.45) is 2.12. The largest absolute Gasteiger partial charge is 0.444 e. The minimum absolute atomic E-state index is 0.153. The Bertz CT molecular complexity index is 1530. The number of hydrogen-bond acceptors (Lipinski definition) is 6. The normalized spacial score (nSPS) is 15.6. The fraction of sp³-hybridized carbons (Fsp3) is 0.360. The molecule has 0 bridgehead atoms. The maximum absolute atomic E-state index is 15.0. The number of oxazole rings is 1. The summed E-state index contributed by atoms with van der Waals surface area (Å²) >= 11 is 0. The summed E-state index contributed by atoms with van der Waals surface area (Å²) in [6.45, 7) is 8.00. The Morgan fingerprint density at radius 3 is 2.53 bits per heavy atom. The molecule has 0 saturated carbocycles. The summed E-state index contributed by atoms with van der Waals surface area (Å²) in [6, 6.07) is 8.57. The average molecular weight is 537 g/mol. The molecule has 1 amide bonds. The second-order valence-electron chi connectivity index (χ2n) is 9.60. The highest BCUT2D eigenvalue weighted by molar-refractivity contribution is 8.13. The van der Waals surface area contributed by atoms with Crippen LogP contribution >= 0.6 is 10.7 Å². The van der Waals surface area contributed by atoms with E-state index in [1.54, 1.807) is 11.8 Å². The van der Waals surface area contributed by atoms with Crippen LogP contribution in [0.5, 0.6) is 0 Å². The van der Waals surface area contributed by atoms with Crippen LogP contribution in [0.4, 0.5) is 9.18 Å². The highest BCUT2D eigenvalue weighted by Crippen LogP contribution is 2.33. The van der Waals surface area contributed by atoms with Gasteiger partial charge in [0.25, 0.3) is 9.05 Å². The minimum Gasteiger partial charge on any atom is -0.444 e. The smallest absolute Gasteiger partial charge is 0.420 e. The number of aromatic nitrogens is 1. The second kappa shape index (κ2) is 9.40. The molecule has 1 aliphatic rings. The van der Waals surface area contributed by atoms with Crippen molar-refractivity contribution in [2.24, 2.45) is 0 Å². The number of ether oxygens (including phenoxy) is 1. The van der Waals surface area contributed by atoms with E-state index in [-0.39, 0.29) is 17.2 Å². The van der Waals surface area contributed by atoms with Crippen molar-refractivity contribution in [1.29, 1.82) is 0 Å². The molecule has 1 unspecified atom stereocenters.